The summed E-state index contributed by atoms with van der Waals surface area (Å²) in [5.41, 5.74) is 1.61. The number of hydrogen-bond donors (Lipinski definition) is 2. The average Bonchev–Trinajstić information content (AvgIpc) is 3.70. The van der Waals surface area contributed by atoms with E-state index in [9.17, 15) is 31.2 Å². The highest BCUT2D eigenvalue weighted by Crippen LogP contribution is 2.46. The number of aromatic nitrogens is 1. The fraction of sp³-hybridized carbons (Fsp3) is 0.414. The minimum Gasteiger partial charge on any atom is -0.405 e. The molecule has 0 radical (unpaired) electrons. The van der Waals surface area contributed by atoms with Crippen LogP contribution in [0.2, 0.25) is 0 Å². The van der Waals surface area contributed by atoms with Crippen molar-refractivity contribution in [2.45, 2.75) is 69.2 Å². The first kappa shape index (κ1) is 29.9. The third kappa shape index (κ3) is 6.68. The quantitative estimate of drug-likeness (QED) is 0.329. The monoisotopic (exact) mass is 634 g/mol. The van der Waals surface area contributed by atoms with E-state index in [4.69, 9.17) is 9.26 Å². The molecule has 4 aliphatic rings. The van der Waals surface area contributed by atoms with Crippen LogP contribution in [-0.4, -0.2) is 61.2 Å². The van der Waals surface area contributed by atoms with Gasteiger partial charge in [-0.1, -0.05) is 17.3 Å². The van der Waals surface area contributed by atoms with Crippen LogP contribution in [0.25, 0.3) is 11.3 Å². The molecule has 4 fully saturated rings. The number of hydrogen-bond acceptors (Lipinski definition) is 8. The van der Waals surface area contributed by atoms with E-state index in [0.717, 1.165) is 25.5 Å². The van der Waals surface area contributed by atoms with Crippen molar-refractivity contribution in [2.75, 3.05) is 11.6 Å². The molecule has 3 amide bonds. The van der Waals surface area contributed by atoms with Crippen LogP contribution in [-0.2, 0) is 21.4 Å². The lowest BCUT2D eigenvalue weighted by Crippen LogP contribution is -2.65. The first-order valence-electron chi connectivity index (χ1n) is 14.0. The number of carbonyl (C=O) groups is 2. The van der Waals surface area contributed by atoms with E-state index in [0.29, 0.717) is 29.9 Å². The van der Waals surface area contributed by atoms with E-state index in [-0.39, 0.29) is 59.3 Å². The Morgan fingerprint density at radius 2 is 1.73 bits per heavy atom. The Balaban J connectivity index is 1.08. The maximum Gasteiger partial charge on any atom is 0.573 e. The van der Waals surface area contributed by atoms with Crippen LogP contribution in [0.5, 0.6) is 5.75 Å². The van der Waals surface area contributed by atoms with Crippen molar-refractivity contribution in [3.63, 3.8) is 0 Å². The molecule has 15 heteroatoms. The number of benzene rings is 2. The molecule has 2 saturated heterocycles. The molecule has 3 aromatic rings. The van der Waals surface area contributed by atoms with E-state index in [2.05, 4.69) is 15.2 Å². The number of para-hydroxylation sites is 1. The number of anilines is 1. The van der Waals surface area contributed by atoms with E-state index in [1.165, 1.54) is 42.5 Å². The number of piperidine rings is 1. The zero-order valence-corrected chi connectivity index (χ0v) is 24.3. The number of nitrogens with one attached hydrogen (secondary N) is 2. The molecule has 2 aromatic carbocycles. The van der Waals surface area contributed by atoms with Gasteiger partial charge >= 0.3 is 12.4 Å². The maximum atomic E-state index is 13.1. The molecule has 7 rings (SSSR count). The number of sulfonamides is 1. The Hall–Kier alpha value is -4.11. The Kier molecular flexibility index (Phi) is 7.78. The standard InChI is InChI=1S/C29H29F3N4O7S/c1-44(39,40)35-27(37)17-8-10-18(11-9-17)33-28(38)36-19-12-20(36)14-21(13-19)41-15-23-25(34-43-26(23)16-6-7-16)22-4-2-3-5-24(22)42-29(30,31)32/h2-5,8-11,16,19-21H,6-7,12-15H2,1H3,(H,33,38)(H,35,37). The Morgan fingerprint density at radius 1 is 1.05 bits per heavy atom. The molecule has 2 atom stereocenters. The predicted molar refractivity (Wildman–Crippen MR) is 150 cm³/mol. The minimum atomic E-state index is -4.86. The van der Waals surface area contributed by atoms with Gasteiger partial charge in [-0.3, -0.25) is 4.79 Å². The van der Waals surface area contributed by atoms with Crippen molar-refractivity contribution in [3.8, 4) is 17.0 Å². The third-order valence-corrected chi connectivity index (χ3v) is 8.47. The van der Waals surface area contributed by atoms with Gasteiger partial charge in [-0.2, -0.15) is 0 Å². The highest BCUT2D eigenvalue weighted by atomic mass is 32.2. The van der Waals surface area contributed by atoms with Crippen molar-refractivity contribution >= 4 is 27.6 Å². The molecule has 0 spiro atoms. The molecule has 2 aliphatic carbocycles. The molecule has 3 heterocycles. The van der Waals surface area contributed by atoms with Crippen molar-refractivity contribution in [1.29, 1.82) is 0 Å². The van der Waals surface area contributed by atoms with Crippen molar-refractivity contribution in [1.82, 2.24) is 14.8 Å². The average molecular weight is 635 g/mol. The number of nitrogens with zero attached hydrogens (tertiary/aromatic N) is 2. The van der Waals surface area contributed by atoms with Crippen LogP contribution >= 0.6 is 0 Å². The van der Waals surface area contributed by atoms with Gasteiger partial charge in [-0.05, 0) is 68.5 Å². The van der Waals surface area contributed by atoms with Gasteiger partial charge in [0.1, 0.15) is 17.2 Å². The third-order valence-electron chi connectivity index (χ3n) is 7.91. The molecule has 2 saturated carbocycles. The number of halogens is 3. The lowest BCUT2D eigenvalue weighted by molar-refractivity contribution is -0.274. The second kappa shape index (κ2) is 11.4. The van der Waals surface area contributed by atoms with E-state index >= 15 is 0 Å². The lowest BCUT2D eigenvalue weighted by atomic mass is 9.78. The molecule has 234 valence electrons. The van der Waals surface area contributed by atoms with Gasteiger partial charge in [-0.15, -0.1) is 13.2 Å². The van der Waals surface area contributed by atoms with Crippen molar-refractivity contribution < 1.29 is 45.2 Å². The lowest BCUT2D eigenvalue weighted by Gasteiger charge is -2.54. The Labute approximate surface area is 250 Å². The number of fused-ring (bicyclic) bond motifs is 2. The molecular weight excluding hydrogens is 605 g/mol. The van der Waals surface area contributed by atoms with Gasteiger partial charge in [0, 0.05) is 40.4 Å². The summed E-state index contributed by atoms with van der Waals surface area (Å²) in [6.07, 6.45) is -0.361. The molecule has 1 aromatic heterocycles. The number of carbonyl (C=O) groups excluding carboxylic acids is 2. The van der Waals surface area contributed by atoms with E-state index in [1.807, 2.05) is 4.72 Å². The molecule has 2 aliphatic heterocycles. The number of alkyl halides is 3. The van der Waals surface area contributed by atoms with Gasteiger partial charge in [0.05, 0.1) is 19.0 Å². The number of urea groups is 1. The molecule has 2 unspecified atom stereocenters. The van der Waals surface area contributed by atoms with Crippen LogP contribution in [0.3, 0.4) is 0 Å². The first-order chi connectivity index (χ1) is 20.8. The number of amides is 3. The maximum absolute atomic E-state index is 13.1. The highest BCUT2D eigenvalue weighted by molar-refractivity contribution is 7.89. The summed E-state index contributed by atoms with van der Waals surface area (Å²) in [6, 6.07) is 11.3. The second-order valence-corrected chi connectivity index (χ2v) is 13.0. The van der Waals surface area contributed by atoms with Gasteiger partial charge in [0.2, 0.25) is 10.0 Å². The van der Waals surface area contributed by atoms with Crippen LogP contribution < -0.4 is 14.8 Å². The molecule has 44 heavy (non-hydrogen) atoms. The normalized spacial score (nSPS) is 21.4. The smallest absolute Gasteiger partial charge is 0.405 e. The van der Waals surface area contributed by atoms with E-state index in [1.54, 1.807) is 11.0 Å². The summed E-state index contributed by atoms with van der Waals surface area (Å²) in [7, 11) is -3.70. The van der Waals surface area contributed by atoms with Gasteiger partial charge in [0.15, 0.2) is 0 Å². The highest BCUT2D eigenvalue weighted by Gasteiger charge is 2.48. The van der Waals surface area contributed by atoms with Gasteiger partial charge < -0.3 is 24.2 Å². The predicted octanol–water partition coefficient (Wildman–Crippen LogP) is 5.16. The summed E-state index contributed by atoms with van der Waals surface area (Å²) in [5.74, 6) is -0.379. The van der Waals surface area contributed by atoms with Crippen molar-refractivity contribution in [3.05, 3.63) is 65.4 Å². The minimum absolute atomic E-state index is 0.0516. The second-order valence-electron chi connectivity index (χ2n) is 11.3. The van der Waals surface area contributed by atoms with Crippen LogP contribution in [0, 0.1) is 0 Å². The summed E-state index contributed by atoms with van der Waals surface area (Å²) < 4.78 is 79.7. The largest absolute Gasteiger partial charge is 0.573 e. The summed E-state index contributed by atoms with van der Waals surface area (Å²) in [4.78, 5) is 26.8. The zero-order valence-electron chi connectivity index (χ0n) is 23.5. The van der Waals surface area contributed by atoms with Crippen LogP contribution in [0.15, 0.2) is 53.1 Å². The summed E-state index contributed by atoms with van der Waals surface area (Å²) in [5, 5.41) is 6.93. The molecule has 2 N–H and O–H groups in total. The summed E-state index contributed by atoms with van der Waals surface area (Å²) in [6.45, 7) is 0.0978. The molecule has 2 bridgehead atoms. The SMILES string of the molecule is CS(=O)(=O)NC(=O)c1ccc(NC(=O)N2C3CC(OCc4c(-c5ccccc5OC(F)(F)F)noc4C4CC4)CC2C3)cc1. The summed E-state index contributed by atoms with van der Waals surface area (Å²) >= 11 is 0. The topological polar surface area (TPSA) is 140 Å². The number of ether oxygens (including phenoxy) is 2. The van der Waals surface area contributed by atoms with E-state index < -0.39 is 22.3 Å². The Bertz CT molecular complexity index is 1660. The zero-order chi connectivity index (χ0) is 31.2. The van der Waals surface area contributed by atoms with Crippen LogP contribution in [0.4, 0.5) is 23.7 Å². The van der Waals surface area contributed by atoms with Gasteiger partial charge in [-0.25, -0.2) is 17.9 Å². The van der Waals surface area contributed by atoms with Crippen LogP contribution in [0.1, 0.15) is 59.7 Å². The van der Waals surface area contributed by atoms with Gasteiger partial charge in [0.25, 0.3) is 5.91 Å². The Morgan fingerprint density at radius 3 is 2.36 bits per heavy atom. The fourth-order valence-electron chi connectivity index (χ4n) is 5.83. The first-order valence-corrected chi connectivity index (χ1v) is 15.9. The molecule has 11 nitrogen and oxygen atoms in total. The fourth-order valence-corrected chi connectivity index (χ4v) is 6.28. The molecular formula is C29H29F3N4O7S. The van der Waals surface area contributed by atoms with Crippen molar-refractivity contribution in [2.24, 2.45) is 0 Å². The number of rotatable bonds is 9.